The van der Waals surface area contributed by atoms with Gasteiger partial charge in [0.1, 0.15) is 0 Å². The number of nitrogens with one attached hydrogen (secondary N) is 1. The molecule has 2 unspecified atom stereocenters. The normalized spacial score (nSPS) is 21.1. The van der Waals surface area contributed by atoms with Gasteiger partial charge >= 0.3 is 5.56 Å². The predicted molar refractivity (Wildman–Crippen MR) is 120 cm³/mol. The van der Waals surface area contributed by atoms with Crippen molar-refractivity contribution in [2.75, 3.05) is 13.1 Å². The lowest BCUT2D eigenvalue weighted by Crippen LogP contribution is -3.00. The number of benzene rings is 1. The number of hydrogen-bond acceptors (Lipinski definition) is 4. The molecule has 168 valence electrons. The van der Waals surface area contributed by atoms with Gasteiger partial charge in [-0.25, -0.2) is 5.21 Å². The zero-order valence-electron chi connectivity index (χ0n) is 18.3. The number of fused-ring (bicyclic) bond motifs is 5. The third-order valence-electron chi connectivity index (χ3n) is 6.91. The zero-order valence-corrected chi connectivity index (χ0v) is 18.3. The van der Waals surface area contributed by atoms with Crippen molar-refractivity contribution < 1.29 is 15.2 Å². The van der Waals surface area contributed by atoms with Crippen LogP contribution >= 0.6 is 0 Å². The topological polar surface area (TPSA) is 95.0 Å². The molecular formula is C24H28N4O4. The minimum Gasteiger partial charge on any atom is -0.595 e. The van der Waals surface area contributed by atoms with Crippen molar-refractivity contribution in [3.63, 3.8) is 0 Å². The van der Waals surface area contributed by atoms with E-state index in [1.807, 2.05) is 17.0 Å². The highest BCUT2D eigenvalue weighted by Gasteiger charge is 2.37. The number of carbonyl (C=O) groups is 1. The molecular weight excluding hydrogens is 408 g/mol. The quantitative estimate of drug-likeness (QED) is 0.612. The molecule has 8 nitrogen and oxygen atoms in total. The highest BCUT2D eigenvalue weighted by atomic mass is 16.8. The molecule has 0 saturated carbocycles. The fourth-order valence-corrected chi connectivity index (χ4v) is 5.43. The molecule has 2 aliphatic heterocycles. The first kappa shape index (κ1) is 20.9. The number of nitrogens with zero attached hydrogens (tertiary/aromatic N) is 3. The predicted octanol–water partition coefficient (Wildman–Crippen LogP) is 1.98. The number of carbonyl (C=O) groups excluding carboxylic acids is 1. The van der Waals surface area contributed by atoms with Gasteiger partial charge in [-0.15, -0.1) is 0 Å². The summed E-state index contributed by atoms with van der Waals surface area (Å²) in [5, 5.41) is 20.5. The fourth-order valence-electron chi connectivity index (χ4n) is 5.43. The van der Waals surface area contributed by atoms with E-state index >= 15 is 0 Å². The van der Waals surface area contributed by atoms with Gasteiger partial charge in [0.25, 0.3) is 0 Å². The van der Waals surface area contributed by atoms with Crippen LogP contribution in [0.2, 0.25) is 0 Å². The maximum atomic E-state index is 13.3. The highest BCUT2D eigenvalue weighted by molar-refractivity contribution is 5.89. The SMILES string of the molecule is CC(C)n1cc(CC(=O)N2CC3C[C@@H](C2)Cn2c3ccc([NH+]([O-])O)c2=O)c2ccccc21. The Morgan fingerprint density at radius 2 is 1.97 bits per heavy atom. The molecule has 1 saturated heterocycles. The van der Waals surface area contributed by atoms with Crippen molar-refractivity contribution in [3.05, 3.63) is 69.4 Å². The lowest BCUT2D eigenvalue weighted by atomic mass is 9.83. The van der Waals surface area contributed by atoms with E-state index < -0.39 is 10.8 Å². The Morgan fingerprint density at radius 3 is 2.72 bits per heavy atom. The number of hydrogen-bond donors (Lipinski definition) is 2. The van der Waals surface area contributed by atoms with Gasteiger partial charge in [0.2, 0.25) is 11.6 Å². The summed E-state index contributed by atoms with van der Waals surface area (Å²) in [6.45, 7) is 5.89. The van der Waals surface area contributed by atoms with Gasteiger partial charge in [0.05, 0.1) is 6.42 Å². The van der Waals surface area contributed by atoms with E-state index in [4.69, 9.17) is 0 Å². The van der Waals surface area contributed by atoms with E-state index in [1.54, 1.807) is 10.6 Å². The standard InChI is InChI=1S/C24H28N4O4/c1-15(2)26-14-17(19-5-3-4-6-21(19)26)10-23(29)25-11-16-9-18(13-25)20-7-8-22(28(31)32)24(30)27(20)12-16/h3-8,14-16,18,28,31H,9-13H2,1-2H3/t16-,18?/m0/s1. The molecule has 1 fully saturated rings. The second-order valence-corrected chi connectivity index (χ2v) is 9.34. The number of pyridine rings is 1. The molecule has 3 atom stereocenters. The van der Waals surface area contributed by atoms with Crippen LogP contribution in [0.4, 0.5) is 5.69 Å². The summed E-state index contributed by atoms with van der Waals surface area (Å²) in [6, 6.07) is 11.6. The Bertz CT molecular complexity index is 1240. The van der Waals surface area contributed by atoms with Crippen LogP contribution in [-0.2, 0) is 17.8 Å². The Morgan fingerprint density at radius 1 is 1.19 bits per heavy atom. The largest absolute Gasteiger partial charge is 0.595 e. The van der Waals surface area contributed by atoms with Gasteiger partial charge < -0.3 is 19.2 Å². The number of aromatic nitrogens is 2. The molecule has 8 heteroatoms. The minimum absolute atomic E-state index is 0.0546. The van der Waals surface area contributed by atoms with Crippen LogP contribution in [0.3, 0.4) is 0 Å². The van der Waals surface area contributed by atoms with Gasteiger partial charge in [-0.3, -0.25) is 9.59 Å². The van der Waals surface area contributed by atoms with Crippen LogP contribution in [0.5, 0.6) is 0 Å². The van der Waals surface area contributed by atoms with Gasteiger partial charge in [-0.05, 0) is 43.9 Å². The maximum absolute atomic E-state index is 13.3. The average molecular weight is 437 g/mol. The number of amides is 1. The lowest BCUT2D eigenvalue weighted by Gasteiger charge is -2.42. The van der Waals surface area contributed by atoms with Crippen LogP contribution in [0.15, 0.2) is 47.4 Å². The zero-order chi connectivity index (χ0) is 22.6. The van der Waals surface area contributed by atoms with Crippen LogP contribution in [0.1, 0.15) is 43.5 Å². The number of para-hydroxylation sites is 1. The van der Waals surface area contributed by atoms with Gasteiger partial charge in [0.15, 0.2) is 0 Å². The summed E-state index contributed by atoms with van der Waals surface area (Å²) < 4.78 is 3.83. The number of quaternary nitrogens is 1. The summed E-state index contributed by atoms with van der Waals surface area (Å²) >= 11 is 0. The minimum atomic E-state index is -1.20. The Hall–Kier alpha value is -2.94. The second kappa shape index (κ2) is 7.88. The van der Waals surface area contributed by atoms with Crippen LogP contribution in [-0.4, -0.2) is 38.2 Å². The summed E-state index contributed by atoms with van der Waals surface area (Å²) in [7, 11) is 0. The summed E-state index contributed by atoms with van der Waals surface area (Å²) in [5.41, 5.74) is 2.39. The van der Waals surface area contributed by atoms with Gasteiger partial charge in [0, 0.05) is 60.5 Å². The van der Waals surface area contributed by atoms with Crippen molar-refractivity contribution in [2.24, 2.45) is 5.92 Å². The number of likely N-dealkylation sites (tertiary alicyclic amines) is 1. The second-order valence-electron chi connectivity index (χ2n) is 9.34. The maximum Gasteiger partial charge on any atom is 0.315 e. The first-order valence-electron chi connectivity index (χ1n) is 11.2. The molecule has 1 amide bonds. The van der Waals surface area contributed by atoms with Crippen LogP contribution in [0.25, 0.3) is 10.9 Å². The molecule has 3 aromatic rings. The Labute approximate surface area is 185 Å². The molecule has 0 spiro atoms. The van der Waals surface area contributed by atoms with Crippen molar-refractivity contribution in [2.45, 2.75) is 45.2 Å². The van der Waals surface area contributed by atoms with Crippen LogP contribution < -0.4 is 10.8 Å². The van der Waals surface area contributed by atoms with E-state index in [0.29, 0.717) is 32.1 Å². The first-order valence-corrected chi connectivity index (χ1v) is 11.2. The molecule has 32 heavy (non-hydrogen) atoms. The molecule has 4 heterocycles. The van der Waals surface area contributed by atoms with Gasteiger partial charge in [-0.2, -0.15) is 5.23 Å². The summed E-state index contributed by atoms with van der Waals surface area (Å²) in [6.07, 6.45) is 3.37. The summed E-state index contributed by atoms with van der Waals surface area (Å²) in [4.78, 5) is 27.9. The molecule has 1 aromatic carbocycles. The van der Waals surface area contributed by atoms with E-state index in [9.17, 15) is 20.0 Å². The fraction of sp³-hybridized carbons (Fsp3) is 0.417. The molecule has 2 aliphatic rings. The molecule has 2 aromatic heterocycles. The lowest BCUT2D eigenvalue weighted by molar-refractivity contribution is -0.992. The molecule has 2 bridgehead atoms. The third kappa shape index (κ3) is 3.44. The molecule has 5 rings (SSSR count). The van der Waals surface area contributed by atoms with Crippen LogP contribution in [0, 0.1) is 11.1 Å². The van der Waals surface area contributed by atoms with E-state index in [0.717, 1.165) is 28.6 Å². The van der Waals surface area contributed by atoms with Crippen molar-refractivity contribution >= 4 is 22.5 Å². The number of piperidine rings is 1. The van der Waals surface area contributed by atoms with Crippen molar-refractivity contribution in [1.29, 1.82) is 0 Å². The monoisotopic (exact) mass is 436 g/mol. The molecule has 0 aliphatic carbocycles. The Kier molecular flexibility index (Phi) is 5.16. The van der Waals surface area contributed by atoms with E-state index in [-0.39, 0.29) is 23.4 Å². The van der Waals surface area contributed by atoms with E-state index in [1.165, 1.54) is 6.07 Å². The average Bonchev–Trinajstić information content (AvgIpc) is 3.13. The smallest absolute Gasteiger partial charge is 0.315 e. The highest BCUT2D eigenvalue weighted by Crippen LogP contribution is 2.36. The molecule has 2 N–H and O–H groups in total. The summed E-state index contributed by atoms with van der Waals surface area (Å²) in [5.74, 6) is 0.312. The van der Waals surface area contributed by atoms with Gasteiger partial charge in [-0.1, -0.05) is 18.2 Å². The Balaban J connectivity index is 1.40. The van der Waals surface area contributed by atoms with Crippen molar-refractivity contribution in [3.8, 4) is 0 Å². The third-order valence-corrected chi connectivity index (χ3v) is 6.91. The van der Waals surface area contributed by atoms with E-state index in [2.05, 4.69) is 36.7 Å². The number of rotatable bonds is 4. The molecule has 0 radical (unpaired) electrons. The van der Waals surface area contributed by atoms with Crippen molar-refractivity contribution in [1.82, 2.24) is 14.0 Å². The first-order chi connectivity index (χ1) is 15.3.